The second-order valence-electron chi connectivity index (χ2n) is 4.44. The van der Waals surface area contributed by atoms with Crippen molar-refractivity contribution in [2.75, 3.05) is 0 Å². The van der Waals surface area contributed by atoms with Gasteiger partial charge in [-0.25, -0.2) is 4.39 Å². The Kier molecular flexibility index (Phi) is 4.08. The molecule has 5 heteroatoms. The fourth-order valence-electron chi connectivity index (χ4n) is 2.02. The number of nitrogens with zero attached hydrogens (tertiary/aromatic N) is 1. The second kappa shape index (κ2) is 6.00. The maximum Gasteiger partial charge on any atom is 0.165 e. The number of benzene rings is 2. The van der Waals surface area contributed by atoms with Crippen LogP contribution in [0.3, 0.4) is 0 Å². The van der Waals surface area contributed by atoms with Crippen LogP contribution in [-0.4, -0.2) is 4.98 Å². The van der Waals surface area contributed by atoms with Crippen molar-refractivity contribution in [3.63, 3.8) is 0 Å². The van der Waals surface area contributed by atoms with Crippen molar-refractivity contribution in [2.45, 2.75) is 5.88 Å². The molecule has 0 fully saturated rings. The molecule has 0 atom stereocenters. The van der Waals surface area contributed by atoms with E-state index in [0.717, 1.165) is 15.4 Å². The lowest BCUT2D eigenvalue weighted by molar-refractivity contribution is 0.445. The van der Waals surface area contributed by atoms with Crippen LogP contribution < -0.4 is 4.74 Å². The quantitative estimate of drug-likeness (QED) is 0.557. The van der Waals surface area contributed by atoms with Crippen LogP contribution >= 0.6 is 27.5 Å². The van der Waals surface area contributed by atoms with Gasteiger partial charge in [-0.2, -0.15) is 0 Å². The Bertz CT molecular complexity index is 809. The largest absolute Gasteiger partial charge is 0.453 e. The van der Waals surface area contributed by atoms with Crippen molar-refractivity contribution in [3.8, 4) is 11.5 Å². The lowest BCUT2D eigenvalue weighted by Crippen LogP contribution is -1.94. The minimum absolute atomic E-state index is 0.154. The molecular formula is C16H10BrClFNO. The zero-order valence-electron chi connectivity index (χ0n) is 10.8. The molecule has 3 aromatic rings. The van der Waals surface area contributed by atoms with E-state index < -0.39 is 5.82 Å². The van der Waals surface area contributed by atoms with Crippen LogP contribution in [0.4, 0.5) is 4.39 Å². The van der Waals surface area contributed by atoms with Crippen molar-refractivity contribution in [1.29, 1.82) is 0 Å². The minimum Gasteiger partial charge on any atom is -0.453 e. The molecule has 106 valence electrons. The molecule has 2 aromatic carbocycles. The Hall–Kier alpha value is -1.65. The molecule has 1 heterocycles. The summed E-state index contributed by atoms with van der Waals surface area (Å²) in [5, 5.41) is 0.811. The zero-order chi connectivity index (χ0) is 14.8. The standard InChI is InChI=1S/C16H10BrClFNO/c17-10-5-6-13(19)16(7-10)21-15-8-11(9-18)20-14-4-2-1-3-12(14)15/h1-8H,9H2. The number of alkyl halides is 1. The lowest BCUT2D eigenvalue weighted by atomic mass is 10.2. The summed E-state index contributed by atoms with van der Waals surface area (Å²) < 4.78 is 20.3. The predicted molar refractivity (Wildman–Crippen MR) is 85.5 cm³/mol. The van der Waals surface area contributed by atoms with Crippen LogP contribution in [0.1, 0.15) is 5.69 Å². The number of aromatic nitrogens is 1. The molecular weight excluding hydrogens is 357 g/mol. The first-order valence-corrected chi connectivity index (χ1v) is 7.57. The molecule has 2 nitrogen and oxygen atoms in total. The molecule has 0 aliphatic heterocycles. The first kappa shape index (κ1) is 14.3. The third-order valence-corrected chi connectivity index (χ3v) is 3.75. The Balaban J connectivity index is 2.13. The molecule has 0 bridgehead atoms. The second-order valence-corrected chi connectivity index (χ2v) is 5.62. The Morgan fingerprint density at radius 2 is 1.90 bits per heavy atom. The molecule has 0 saturated carbocycles. The number of hydrogen-bond donors (Lipinski definition) is 0. The van der Waals surface area contributed by atoms with E-state index in [0.29, 0.717) is 11.4 Å². The van der Waals surface area contributed by atoms with E-state index in [2.05, 4.69) is 20.9 Å². The van der Waals surface area contributed by atoms with Gasteiger partial charge in [-0.1, -0.05) is 28.1 Å². The summed E-state index contributed by atoms with van der Waals surface area (Å²) in [4.78, 5) is 4.42. The first-order valence-electron chi connectivity index (χ1n) is 6.25. The Labute approximate surface area is 134 Å². The van der Waals surface area contributed by atoms with Gasteiger partial charge in [-0.05, 0) is 30.3 Å². The van der Waals surface area contributed by atoms with Crippen LogP contribution in [0.15, 0.2) is 53.0 Å². The van der Waals surface area contributed by atoms with Crippen molar-refractivity contribution < 1.29 is 9.13 Å². The van der Waals surface area contributed by atoms with Crippen molar-refractivity contribution >= 4 is 38.4 Å². The number of halogens is 3. The van der Waals surface area contributed by atoms with Gasteiger partial charge in [-0.15, -0.1) is 11.6 Å². The van der Waals surface area contributed by atoms with E-state index in [1.54, 1.807) is 18.2 Å². The monoisotopic (exact) mass is 365 g/mol. The lowest BCUT2D eigenvalue weighted by Gasteiger charge is -2.11. The molecule has 1 aromatic heterocycles. The van der Waals surface area contributed by atoms with Gasteiger partial charge in [0.1, 0.15) is 5.75 Å². The van der Waals surface area contributed by atoms with Gasteiger partial charge < -0.3 is 4.74 Å². The van der Waals surface area contributed by atoms with Gasteiger partial charge in [0, 0.05) is 15.9 Å². The predicted octanol–water partition coefficient (Wildman–Crippen LogP) is 5.67. The smallest absolute Gasteiger partial charge is 0.165 e. The maximum absolute atomic E-state index is 13.9. The highest BCUT2D eigenvalue weighted by atomic mass is 79.9. The van der Waals surface area contributed by atoms with E-state index in [1.807, 2.05) is 24.3 Å². The fourth-order valence-corrected chi connectivity index (χ4v) is 2.50. The highest BCUT2D eigenvalue weighted by molar-refractivity contribution is 9.10. The molecule has 0 amide bonds. The molecule has 0 aliphatic carbocycles. The summed E-state index contributed by atoms with van der Waals surface area (Å²) in [6.45, 7) is 0. The summed E-state index contributed by atoms with van der Waals surface area (Å²) in [5.74, 6) is 0.531. The van der Waals surface area contributed by atoms with Crippen molar-refractivity contribution in [2.24, 2.45) is 0 Å². The number of hydrogen-bond acceptors (Lipinski definition) is 2. The molecule has 3 rings (SSSR count). The summed E-state index contributed by atoms with van der Waals surface area (Å²) in [6, 6.07) is 13.8. The van der Waals surface area contributed by atoms with Gasteiger partial charge >= 0.3 is 0 Å². The Morgan fingerprint density at radius 3 is 2.71 bits per heavy atom. The normalized spacial score (nSPS) is 10.8. The highest BCUT2D eigenvalue weighted by Gasteiger charge is 2.10. The zero-order valence-corrected chi connectivity index (χ0v) is 13.2. The molecule has 0 unspecified atom stereocenters. The van der Waals surface area contributed by atoms with E-state index in [4.69, 9.17) is 16.3 Å². The van der Waals surface area contributed by atoms with Gasteiger partial charge in [0.25, 0.3) is 0 Å². The minimum atomic E-state index is -0.425. The molecule has 0 radical (unpaired) electrons. The summed E-state index contributed by atoms with van der Waals surface area (Å²) in [7, 11) is 0. The average molecular weight is 367 g/mol. The van der Waals surface area contributed by atoms with E-state index in [1.165, 1.54) is 6.07 Å². The van der Waals surface area contributed by atoms with E-state index in [9.17, 15) is 4.39 Å². The highest BCUT2D eigenvalue weighted by Crippen LogP contribution is 2.32. The third-order valence-electron chi connectivity index (χ3n) is 2.98. The van der Waals surface area contributed by atoms with E-state index >= 15 is 0 Å². The average Bonchev–Trinajstić information content (AvgIpc) is 2.50. The van der Waals surface area contributed by atoms with Gasteiger partial charge in [0.2, 0.25) is 0 Å². The first-order chi connectivity index (χ1) is 10.2. The van der Waals surface area contributed by atoms with Gasteiger partial charge in [0.05, 0.1) is 17.1 Å². The molecule has 0 aliphatic rings. The third kappa shape index (κ3) is 3.01. The number of rotatable bonds is 3. The molecule has 0 N–H and O–H groups in total. The van der Waals surface area contributed by atoms with Crippen LogP contribution in [0, 0.1) is 5.82 Å². The molecule has 0 spiro atoms. The van der Waals surface area contributed by atoms with E-state index in [-0.39, 0.29) is 11.6 Å². The van der Waals surface area contributed by atoms with Gasteiger partial charge in [-0.3, -0.25) is 4.98 Å². The summed E-state index contributed by atoms with van der Waals surface area (Å²) >= 11 is 9.17. The summed E-state index contributed by atoms with van der Waals surface area (Å²) in [5.41, 5.74) is 1.45. The number of fused-ring (bicyclic) bond motifs is 1. The van der Waals surface area contributed by atoms with Crippen LogP contribution in [0.25, 0.3) is 10.9 Å². The maximum atomic E-state index is 13.9. The van der Waals surface area contributed by atoms with Crippen molar-refractivity contribution in [1.82, 2.24) is 4.98 Å². The van der Waals surface area contributed by atoms with Gasteiger partial charge in [0.15, 0.2) is 11.6 Å². The molecule has 0 saturated heterocycles. The SMILES string of the molecule is Fc1ccc(Br)cc1Oc1cc(CCl)nc2ccccc12. The van der Waals surface area contributed by atoms with Crippen molar-refractivity contribution in [3.05, 3.63) is 64.5 Å². The Morgan fingerprint density at radius 1 is 1.10 bits per heavy atom. The number of ether oxygens (including phenoxy) is 1. The van der Waals surface area contributed by atoms with Crippen LogP contribution in [0.5, 0.6) is 11.5 Å². The van der Waals surface area contributed by atoms with Crippen LogP contribution in [0.2, 0.25) is 0 Å². The fraction of sp³-hybridized carbons (Fsp3) is 0.0625. The molecule has 21 heavy (non-hydrogen) atoms. The number of pyridine rings is 1. The van der Waals surface area contributed by atoms with Crippen LogP contribution in [-0.2, 0) is 5.88 Å². The topological polar surface area (TPSA) is 22.1 Å². The summed E-state index contributed by atoms with van der Waals surface area (Å²) in [6.07, 6.45) is 0. The number of para-hydroxylation sites is 1.